The Labute approximate surface area is 195 Å². The Hall–Kier alpha value is -2.61. The Kier molecular flexibility index (Phi) is 7.90. The van der Waals surface area contributed by atoms with Crippen LogP contribution in [0.15, 0.2) is 61.2 Å². The molecule has 0 bridgehead atoms. The smallest absolute Gasteiger partial charge is 0.233 e. The van der Waals surface area contributed by atoms with Crippen molar-refractivity contribution in [3.8, 4) is 5.75 Å². The normalized spacial score (nSPS) is 10.6. The molecule has 4 rings (SSSR count). The van der Waals surface area contributed by atoms with E-state index < -0.39 is 0 Å². The van der Waals surface area contributed by atoms with Crippen molar-refractivity contribution in [1.29, 1.82) is 0 Å². The molecule has 0 aliphatic heterocycles. The molecule has 0 unspecified atom stereocenters. The number of halogens is 2. The van der Waals surface area contributed by atoms with Gasteiger partial charge in [0, 0.05) is 25.5 Å². The van der Waals surface area contributed by atoms with Crippen LogP contribution in [0.3, 0.4) is 0 Å². The maximum atomic E-state index is 13.2. The van der Waals surface area contributed by atoms with E-state index in [-0.39, 0.29) is 18.3 Å². The number of hydrogen-bond donors (Lipinski definition) is 0. The highest BCUT2D eigenvalue weighted by Gasteiger charge is 2.22. The van der Waals surface area contributed by atoms with Crippen molar-refractivity contribution in [2.24, 2.45) is 0 Å². The molecule has 0 aliphatic rings. The van der Waals surface area contributed by atoms with Gasteiger partial charge in [0.25, 0.3) is 0 Å². The molecule has 2 aromatic heterocycles. The van der Waals surface area contributed by atoms with E-state index >= 15 is 0 Å². The fraction of sp³-hybridized carbons (Fsp3) is 0.227. The van der Waals surface area contributed by atoms with Gasteiger partial charge in [-0.25, -0.2) is 9.97 Å². The number of fused-ring (bicyclic) bond motifs is 1. The van der Waals surface area contributed by atoms with Gasteiger partial charge in [0.1, 0.15) is 11.3 Å². The largest absolute Gasteiger partial charge is 0.494 e. The van der Waals surface area contributed by atoms with Crippen LogP contribution in [-0.2, 0) is 17.8 Å². The van der Waals surface area contributed by atoms with Gasteiger partial charge in [-0.1, -0.05) is 53.3 Å². The number of aromatic nitrogens is 3. The number of benzene rings is 2. The number of hydrogen-bond acceptors (Lipinski definition) is 5. The van der Waals surface area contributed by atoms with E-state index in [9.17, 15) is 4.79 Å². The first-order valence-electron chi connectivity index (χ1n) is 9.59. The van der Waals surface area contributed by atoms with Crippen LogP contribution in [-0.4, -0.2) is 34.1 Å². The van der Waals surface area contributed by atoms with E-state index in [0.717, 1.165) is 23.2 Å². The van der Waals surface area contributed by atoms with Gasteiger partial charge in [-0.3, -0.25) is 9.69 Å². The number of rotatable bonds is 8. The molecule has 2 aromatic carbocycles. The average molecular weight is 477 g/mol. The van der Waals surface area contributed by atoms with Gasteiger partial charge in [0.05, 0.1) is 29.6 Å². The molecule has 0 atom stereocenters. The van der Waals surface area contributed by atoms with Gasteiger partial charge in [0.15, 0.2) is 5.13 Å². The quantitative estimate of drug-likeness (QED) is 0.348. The van der Waals surface area contributed by atoms with Crippen molar-refractivity contribution < 1.29 is 9.53 Å². The summed E-state index contributed by atoms with van der Waals surface area (Å²) >= 11 is 7.80. The summed E-state index contributed by atoms with van der Waals surface area (Å²) in [5.41, 5.74) is 1.65. The lowest BCUT2D eigenvalue weighted by Gasteiger charge is -2.20. The Morgan fingerprint density at radius 1 is 1.23 bits per heavy atom. The zero-order chi connectivity index (χ0) is 20.9. The number of nitrogens with zero attached hydrogens (tertiary/aromatic N) is 4. The summed E-state index contributed by atoms with van der Waals surface area (Å²) < 4.78 is 8.25. The van der Waals surface area contributed by atoms with Crippen LogP contribution in [0.2, 0.25) is 5.02 Å². The van der Waals surface area contributed by atoms with Crippen molar-refractivity contribution in [3.63, 3.8) is 0 Å². The third kappa shape index (κ3) is 5.36. The Balaban J connectivity index is 0.00000272. The molecule has 9 heteroatoms. The first-order chi connectivity index (χ1) is 14.7. The number of aryl methyl sites for hydroxylation is 1. The zero-order valence-electron chi connectivity index (χ0n) is 16.9. The third-order valence-electron chi connectivity index (χ3n) is 4.75. The molecule has 0 spiro atoms. The van der Waals surface area contributed by atoms with Gasteiger partial charge in [0.2, 0.25) is 5.91 Å². The summed E-state index contributed by atoms with van der Waals surface area (Å²) in [5.74, 6) is 0.645. The Bertz CT molecular complexity index is 1130. The predicted octanol–water partition coefficient (Wildman–Crippen LogP) is 5.24. The Morgan fingerprint density at radius 2 is 2.03 bits per heavy atom. The van der Waals surface area contributed by atoms with Crippen LogP contribution in [0, 0.1) is 0 Å². The molecule has 2 heterocycles. The summed E-state index contributed by atoms with van der Waals surface area (Å²) in [6.07, 6.45) is 6.53. The summed E-state index contributed by atoms with van der Waals surface area (Å²) in [5, 5.41) is 1.23. The van der Waals surface area contributed by atoms with Crippen molar-refractivity contribution in [2.45, 2.75) is 19.4 Å². The highest BCUT2D eigenvalue weighted by molar-refractivity contribution is 7.23. The highest BCUT2D eigenvalue weighted by atomic mass is 35.5. The lowest BCUT2D eigenvalue weighted by Crippen LogP contribution is -2.33. The maximum absolute atomic E-state index is 13.2. The van der Waals surface area contributed by atoms with Crippen LogP contribution in [0.25, 0.3) is 10.2 Å². The minimum atomic E-state index is 0. The van der Waals surface area contributed by atoms with Crippen molar-refractivity contribution in [1.82, 2.24) is 14.5 Å². The first kappa shape index (κ1) is 23.1. The number of carbonyl (C=O) groups excluding carboxylic acids is 1. The Morgan fingerprint density at radius 3 is 2.74 bits per heavy atom. The third-order valence-corrected chi connectivity index (χ3v) is 6.29. The number of anilines is 1. The lowest BCUT2D eigenvalue weighted by atomic mass is 10.1. The van der Waals surface area contributed by atoms with Crippen LogP contribution in [0.1, 0.15) is 12.0 Å². The molecule has 0 saturated carbocycles. The van der Waals surface area contributed by atoms with Crippen LogP contribution >= 0.6 is 35.3 Å². The summed E-state index contributed by atoms with van der Waals surface area (Å²) in [7, 11) is 1.60. The van der Waals surface area contributed by atoms with Crippen molar-refractivity contribution >= 4 is 56.6 Å². The van der Waals surface area contributed by atoms with E-state index in [1.807, 2.05) is 41.1 Å². The van der Waals surface area contributed by atoms with Crippen LogP contribution in [0.5, 0.6) is 5.75 Å². The van der Waals surface area contributed by atoms with E-state index in [4.69, 9.17) is 21.3 Å². The monoisotopic (exact) mass is 476 g/mol. The summed E-state index contributed by atoms with van der Waals surface area (Å²) in [6, 6.07) is 13.3. The van der Waals surface area contributed by atoms with Gasteiger partial charge in [-0.15, -0.1) is 12.4 Å². The maximum Gasteiger partial charge on any atom is 0.233 e. The van der Waals surface area contributed by atoms with Crippen molar-refractivity contribution in [2.75, 3.05) is 18.6 Å². The van der Waals surface area contributed by atoms with Crippen molar-refractivity contribution in [3.05, 3.63) is 71.8 Å². The molecule has 0 fully saturated rings. The van der Waals surface area contributed by atoms with E-state index in [0.29, 0.717) is 34.4 Å². The van der Waals surface area contributed by atoms with E-state index in [1.165, 1.54) is 11.3 Å². The van der Waals surface area contributed by atoms with Crippen LogP contribution in [0.4, 0.5) is 5.13 Å². The molecule has 6 nitrogen and oxygen atoms in total. The predicted molar refractivity (Wildman–Crippen MR) is 128 cm³/mol. The van der Waals surface area contributed by atoms with Gasteiger partial charge in [-0.05, 0) is 24.1 Å². The fourth-order valence-corrected chi connectivity index (χ4v) is 4.54. The number of ether oxygens (including phenoxy) is 1. The zero-order valence-corrected chi connectivity index (χ0v) is 19.3. The number of carbonyl (C=O) groups is 1. The van der Waals surface area contributed by atoms with Gasteiger partial charge >= 0.3 is 0 Å². The summed E-state index contributed by atoms with van der Waals surface area (Å²) in [6.45, 7) is 1.31. The molecule has 0 saturated heterocycles. The minimum absolute atomic E-state index is 0. The molecule has 0 radical (unpaired) electrons. The average Bonchev–Trinajstić information content (AvgIpc) is 3.43. The first-order valence-corrected chi connectivity index (χ1v) is 10.8. The molecule has 0 N–H and O–H groups in total. The summed E-state index contributed by atoms with van der Waals surface area (Å²) in [4.78, 5) is 23.8. The lowest BCUT2D eigenvalue weighted by molar-refractivity contribution is -0.118. The number of imidazole rings is 1. The molecular formula is C22H22Cl2N4O2S. The second kappa shape index (κ2) is 10.6. The van der Waals surface area contributed by atoms with Gasteiger partial charge < -0.3 is 9.30 Å². The molecule has 1 amide bonds. The highest BCUT2D eigenvalue weighted by Crippen LogP contribution is 2.38. The standard InChI is InChI=1S/C22H21ClN4O2S.ClH/c1-29-18-9-8-17(23)21-20(18)25-22(30-21)27(12-5-11-26-13-10-24-15-26)19(28)14-16-6-3-2-4-7-16;/h2-4,6-10,13,15H,5,11-12,14H2,1H3;1H. The molecular weight excluding hydrogens is 455 g/mol. The molecule has 162 valence electrons. The minimum Gasteiger partial charge on any atom is -0.494 e. The molecule has 0 aliphatic carbocycles. The molecule has 4 aromatic rings. The fourth-order valence-electron chi connectivity index (χ4n) is 3.24. The van der Waals surface area contributed by atoms with E-state index in [1.54, 1.807) is 36.7 Å². The SMILES string of the molecule is COc1ccc(Cl)c2sc(N(CCCn3ccnc3)C(=O)Cc3ccccc3)nc12.Cl. The number of thiazole rings is 1. The number of amides is 1. The topological polar surface area (TPSA) is 60.2 Å². The van der Waals surface area contributed by atoms with Crippen LogP contribution < -0.4 is 9.64 Å². The second-order valence-electron chi connectivity index (χ2n) is 6.79. The number of methoxy groups -OCH3 is 1. The van der Waals surface area contributed by atoms with E-state index in [2.05, 4.69) is 4.98 Å². The molecule has 31 heavy (non-hydrogen) atoms. The van der Waals surface area contributed by atoms with Gasteiger partial charge in [-0.2, -0.15) is 0 Å². The second-order valence-corrected chi connectivity index (χ2v) is 8.17.